The van der Waals surface area contributed by atoms with Gasteiger partial charge in [0, 0.05) is 30.8 Å². The Hall–Kier alpha value is -2.66. The topological polar surface area (TPSA) is 116 Å². The Bertz CT molecular complexity index is 1060. The number of benzene rings is 1. The van der Waals surface area contributed by atoms with E-state index in [1.807, 2.05) is 18.7 Å². The van der Waals surface area contributed by atoms with E-state index in [1.54, 1.807) is 4.72 Å². The van der Waals surface area contributed by atoms with Crippen LogP contribution in [0.3, 0.4) is 0 Å². The van der Waals surface area contributed by atoms with E-state index in [0.717, 1.165) is 11.3 Å². The Morgan fingerprint density at radius 3 is 2.71 bits per heavy atom. The molecule has 2 aliphatic rings. The van der Waals surface area contributed by atoms with Crippen molar-refractivity contribution >= 4 is 21.8 Å². The number of carbonyl (C=O) groups is 1. The molecule has 0 aliphatic carbocycles. The molecule has 1 fully saturated rings. The van der Waals surface area contributed by atoms with Crippen LogP contribution in [0.1, 0.15) is 28.1 Å². The van der Waals surface area contributed by atoms with Crippen molar-refractivity contribution in [3.8, 4) is 5.75 Å². The Kier molecular flexibility index (Phi) is 4.31. The van der Waals surface area contributed by atoms with Crippen LogP contribution < -0.4 is 9.03 Å². The molecule has 28 heavy (non-hydrogen) atoms. The number of fused-ring (bicyclic) bond motifs is 1. The van der Waals surface area contributed by atoms with Crippen molar-refractivity contribution < 1.29 is 27.2 Å². The Balaban J connectivity index is 1.69. The van der Waals surface area contributed by atoms with Gasteiger partial charge in [0.15, 0.2) is 5.82 Å². The maximum atomic E-state index is 15.3. The summed E-state index contributed by atoms with van der Waals surface area (Å²) in [5.74, 6) is -1.42. The van der Waals surface area contributed by atoms with Crippen molar-refractivity contribution in [1.82, 2.24) is 14.8 Å². The van der Waals surface area contributed by atoms with Crippen molar-refractivity contribution in [1.29, 1.82) is 0 Å². The van der Waals surface area contributed by atoms with Gasteiger partial charge in [0.1, 0.15) is 23.7 Å². The van der Waals surface area contributed by atoms with Gasteiger partial charge in [-0.2, -0.15) is 8.42 Å². The van der Waals surface area contributed by atoms with Gasteiger partial charge >= 0.3 is 10.2 Å². The minimum Gasteiger partial charge on any atom is -0.506 e. The lowest BCUT2D eigenvalue weighted by molar-refractivity contribution is -0.117. The first kappa shape index (κ1) is 18.7. The van der Waals surface area contributed by atoms with Crippen molar-refractivity contribution in [3.05, 3.63) is 40.0 Å². The molecule has 0 bridgehead atoms. The van der Waals surface area contributed by atoms with Crippen LogP contribution in [0.5, 0.6) is 5.75 Å². The van der Waals surface area contributed by atoms with Crippen molar-refractivity contribution in [2.24, 2.45) is 0 Å². The van der Waals surface area contributed by atoms with Crippen molar-refractivity contribution in [2.45, 2.75) is 33.4 Å². The zero-order valence-corrected chi connectivity index (χ0v) is 16.1. The van der Waals surface area contributed by atoms with E-state index in [1.165, 1.54) is 6.07 Å². The van der Waals surface area contributed by atoms with Gasteiger partial charge in [-0.3, -0.25) is 9.69 Å². The zero-order chi connectivity index (χ0) is 20.2. The highest BCUT2D eigenvalue weighted by Gasteiger charge is 2.39. The highest BCUT2D eigenvalue weighted by molar-refractivity contribution is 7.92. The fourth-order valence-electron chi connectivity index (χ4n) is 3.66. The molecule has 1 aromatic heterocycles. The second-order valence-electron chi connectivity index (χ2n) is 7.00. The molecule has 0 atom stereocenters. The number of rotatable bonds is 3. The van der Waals surface area contributed by atoms with Crippen LogP contribution >= 0.6 is 0 Å². The molecule has 3 heterocycles. The number of hydrogen-bond acceptors (Lipinski definition) is 7. The summed E-state index contributed by atoms with van der Waals surface area (Å²) in [6, 6.07) is 1.37. The number of amides is 1. The second kappa shape index (κ2) is 6.45. The average Bonchev–Trinajstić information content (AvgIpc) is 3.07. The van der Waals surface area contributed by atoms with E-state index in [2.05, 4.69) is 5.16 Å². The maximum Gasteiger partial charge on any atom is 0.326 e. The summed E-state index contributed by atoms with van der Waals surface area (Å²) < 4.78 is 47.0. The SMILES string of the molecule is Cc1noc(C)c1CN1CCc2cc(O)c(N3CC(=O)NS3(=O)=O)c(F)c2C1. The molecule has 150 valence electrons. The van der Waals surface area contributed by atoms with Gasteiger partial charge in [-0.05, 0) is 31.9 Å². The summed E-state index contributed by atoms with van der Waals surface area (Å²) >= 11 is 0. The lowest BCUT2D eigenvalue weighted by Crippen LogP contribution is -2.33. The molecule has 4 rings (SSSR count). The first-order valence-electron chi connectivity index (χ1n) is 8.68. The van der Waals surface area contributed by atoms with Gasteiger partial charge in [-0.1, -0.05) is 5.16 Å². The van der Waals surface area contributed by atoms with Gasteiger partial charge < -0.3 is 9.63 Å². The van der Waals surface area contributed by atoms with Gasteiger partial charge in [-0.15, -0.1) is 0 Å². The first-order chi connectivity index (χ1) is 13.2. The number of anilines is 1. The summed E-state index contributed by atoms with van der Waals surface area (Å²) in [4.78, 5) is 13.5. The lowest BCUT2D eigenvalue weighted by atomic mass is 9.97. The van der Waals surface area contributed by atoms with Crippen LogP contribution in [-0.4, -0.2) is 42.6 Å². The Morgan fingerprint density at radius 1 is 1.36 bits per heavy atom. The highest BCUT2D eigenvalue weighted by Crippen LogP contribution is 2.39. The largest absolute Gasteiger partial charge is 0.506 e. The molecule has 2 aromatic rings. The molecule has 0 unspecified atom stereocenters. The van der Waals surface area contributed by atoms with E-state index in [-0.39, 0.29) is 6.54 Å². The predicted octanol–water partition coefficient (Wildman–Crippen LogP) is 0.875. The summed E-state index contributed by atoms with van der Waals surface area (Å²) in [5.41, 5.74) is 2.11. The minimum absolute atomic E-state index is 0.230. The van der Waals surface area contributed by atoms with Crippen molar-refractivity contribution in [2.75, 3.05) is 17.4 Å². The smallest absolute Gasteiger partial charge is 0.326 e. The normalized spacial score (nSPS) is 19.0. The summed E-state index contributed by atoms with van der Waals surface area (Å²) in [6.07, 6.45) is 0.493. The Morgan fingerprint density at radius 2 is 2.11 bits per heavy atom. The number of carbonyl (C=O) groups excluding carboxylic acids is 1. The summed E-state index contributed by atoms with van der Waals surface area (Å²) in [7, 11) is -4.23. The van der Waals surface area contributed by atoms with Gasteiger partial charge in [-0.25, -0.2) is 13.4 Å². The van der Waals surface area contributed by atoms with E-state index in [4.69, 9.17) is 4.52 Å². The predicted molar refractivity (Wildman–Crippen MR) is 96.3 cm³/mol. The maximum absolute atomic E-state index is 15.3. The lowest BCUT2D eigenvalue weighted by Gasteiger charge is -2.30. The number of nitrogens with one attached hydrogen (secondary N) is 1. The van der Waals surface area contributed by atoms with Crippen LogP contribution in [0.4, 0.5) is 10.1 Å². The number of phenols is 1. The molecule has 0 saturated carbocycles. The summed E-state index contributed by atoms with van der Waals surface area (Å²) in [5, 5.41) is 14.2. The third-order valence-corrected chi connectivity index (χ3v) is 6.50. The molecule has 2 aliphatic heterocycles. The van der Waals surface area contributed by atoms with Crippen LogP contribution in [0.2, 0.25) is 0 Å². The molecule has 9 nitrogen and oxygen atoms in total. The van der Waals surface area contributed by atoms with Gasteiger partial charge in [0.05, 0.1) is 5.69 Å². The fraction of sp³-hybridized carbons (Fsp3) is 0.412. The van der Waals surface area contributed by atoms with Crippen LogP contribution in [0.15, 0.2) is 10.6 Å². The Labute approximate surface area is 160 Å². The van der Waals surface area contributed by atoms with Crippen LogP contribution in [0, 0.1) is 19.7 Å². The van der Waals surface area contributed by atoms with Crippen LogP contribution in [-0.2, 0) is 34.5 Å². The minimum atomic E-state index is -4.23. The number of halogens is 1. The molecule has 1 amide bonds. The molecule has 1 aromatic carbocycles. The molecule has 0 radical (unpaired) electrons. The standard InChI is InChI=1S/C17H19FN4O5S/c1-9-12(10(2)27-19-9)6-21-4-3-11-5-14(23)17(16(18)13(11)7-21)22-8-15(24)20-28(22,25)26/h5,23H,3-4,6-8H2,1-2H3,(H,20,24). The molecule has 2 N–H and O–H groups in total. The molecular formula is C17H19FN4O5S. The third-order valence-electron chi connectivity index (χ3n) is 5.13. The van der Waals surface area contributed by atoms with Gasteiger partial charge in [0.2, 0.25) is 0 Å². The highest BCUT2D eigenvalue weighted by atomic mass is 32.2. The summed E-state index contributed by atoms with van der Waals surface area (Å²) in [6.45, 7) is 4.45. The van der Waals surface area contributed by atoms with E-state index in [0.29, 0.717) is 40.7 Å². The molecule has 1 saturated heterocycles. The van der Waals surface area contributed by atoms with Crippen molar-refractivity contribution in [3.63, 3.8) is 0 Å². The monoisotopic (exact) mass is 410 g/mol. The van der Waals surface area contributed by atoms with E-state index < -0.39 is 39.9 Å². The first-order valence-corrected chi connectivity index (χ1v) is 10.1. The molecular weight excluding hydrogens is 391 g/mol. The molecule has 0 spiro atoms. The zero-order valence-electron chi connectivity index (χ0n) is 15.3. The van der Waals surface area contributed by atoms with Gasteiger partial charge in [0.25, 0.3) is 5.91 Å². The van der Waals surface area contributed by atoms with Crippen LogP contribution in [0.25, 0.3) is 0 Å². The fourth-order valence-corrected chi connectivity index (χ4v) is 4.83. The molecule has 11 heteroatoms. The number of nitrogens with zero attached hydrogens (tertiary/aromatic N) is 3. The number of hydrogen-bond donors (Lipinski definition) is 2. The van der Waals surface area contributed by atoms with E-state index in [9.17, 15) is 18.3 Å². The van der Waals surface area contributed by atoms with E-state index >= 15 is 4.39 Å². The number of aromatic nitrogens is 1. The number of aryl methyl sites for hydroxylation is 2. The number of phenolic OH excluding ortho intramolecular Hbond substituents is 1. The average molecular weight is 410 g/mol. The number of aromatic hydroxyl groups is 1. The quantitative estimate of drug-likeness (QED) is 0.771. The third kappa shape index (κ3) is 3.00. The second-order valence-corrected chi connectivity index (χ2v) is 8.59.